The zero-order valence-electron chi connectivity index (χ0n) is 12.0. The highest BCUT2D eigenvalue weighted by molar-refractivity contribution is 5.30. The van der Waals surface area contributed by atoms with E-state index in [4.69, 9.17) is 14.2 Å². The molecule has 0 amide bonds. The maximum Gasteiger partial charge on any atom is 0.184 e. The highest BCUT2D eigenvalue weighted by Gasteiger charge is 2.42. The lowest BCUT2D eigenvalue weighted by molar-refractivity contribution is -0.0807. The molecule has 3 aliphatic heterocycles. The number of nitrogens with one attached hydrogen (secondary N) is 1. The first-order valence-corrected chi connectivity index (χ1v) is 7.63. The molecule has 3 fully saturated rings. The molecular formula is C16H21NO4. The van der Waals surface area contributed by atoms with E-state index in [9.17, 15) is 5.11 Å². The molecule has 0 saturated carbocycles. The fourth-order valence-electron chi connectivity index (χ4n) is 3.68. The molecule has 0 aromatic heterocycles. The second kappa shape index (κ2) is 5.34. The molecule has 5 heteroatoms. The lowest BCUT2D eigenvalue weighted by Gasteiger charge is -2.45. The lowest BCUT2D eigenvalue weighted by atomic mass is 9.78. The van der Waals surface area contributed by atoms with Crippen LogP contribution in [0.4, 0.5) is 0 Å². The second-order valence-electron chi connectivity index (χ2n) is 6.24. The van der Waals surface area contributed by atoms with Crippen molar-refractivity contribution < 1.29 is 19.3 Å². The number of rotatable bonds is 2. The third-order valence-electron chi connectivity index (χ3n) is 4.60. The van der Waals surface area contributed by atoms with Crippen LogP contribution < -0.4 is 5.32 Å². The number of hydrogen-bond donors (Lipinski definition) is 2. The van der Waals surface area contributed by atoms with E-state index in [1.54, 1.807) is 0 Å². The zero-order chi connectivity index (χ0) is 14.3. The molecule has 0 spiro atoms. The van der Waals surface area contributed by atoms with E-state index in [1.807, 2.05) is 24.3 Å². The summed E-state index contributed by atoms with van der Waals surface area (Å²) < 4.78 is 16.7. The van der Waals surface area contributed by atoms with Crippen LogP contribution in [0.25, 0.3) is 0 Å². The average molecular weight is 291 g/mol. The molecule has 5 nitrogen and oxygen atoms in total. The summed E-state index contributed by atoms with van der Waals surface area (Å²) in [6.45, 7) is 2.61. The topological polar surface area (TPSA) is 60.0 Å². The number of aliphatic hydroxyl groups is 1. The molecule has 0 radical (unpaired) electrons. The van der Waals surface area contributed by atoms with Crippen LogP contribution in [-0.2, 0) is 19.8 Å². The van der Waals surface area contributed by atoms with Gasteiger partial charge in [0, 0.05) is 17.6 Å². The Morgan fingerprint density at radius 2 is 1.81 bits per heavy atom. The lowest BCUT2D eigenvalue weighted by Crippen LogP contribution is -2.58. The fraction of sp³-hybridized carbons (Fsp3) is 0.625. The molecule has 0 aliphatic carbocycles. The van der Waals surface area contributed by atoms with E-state index in [1.165, 1.54) is 0 Å². The Morgan fingerprint density at radius 1 is 1.10 bits per heavy atom. The maximum atomic E-state index is 11.1. The van der Waals surface area contributed by atoms with Crippen molar-refractivity contribution in [3.63, 3.8) is 0 Å². The zero-order valence-corrected chi connectivity index (χ0v) is 12.0. The first kappa shape index (κ1) is 13.7. The Labute approximate surface area is 124 Å². The van der Waals surface area contributed by atoms with Crippen LogP contribution in [0, 0.1) is 0 Å². The predicted octanol–water partition coefficient (Wildman–Crippen LogP) is 1.07. The van der Waals surface area contributed by atoms with Crippen molar-refractivity contribution in [3.8, 4) is 0 Å². The molecule has 2 atom stereocenters. The van der Waals surface area contributed by atoms with E-state index >= 15 is 0 Å². The summed E-state index contributed by atoms with van der Waals surface area (Å²) in [4.78, 5) is 0. The highest BCUT2D eigenvalue weighted by Crippen LogP contribution is 2.38. The molecule has 21 heavy (non-hydrogen) atoms. The number of morpholine rings is 1. The highest BCUT2D eigenvalue weighted by atomic mass is 16.7. The largest absolute Gasteiger partial charge is 0.385 e. The molecule has 2 bridgehead atoms. The van der Waals surface area contributed by atoms with Crippen LogP contribution in [-0.4, -0.2) is 43.6 Å². The molecule has 3 heterocycles. The number of hydrogen-bond acceptors (Lipinski definition) is 5. The molecular weight excluding hydrogens is 270 g/mol. The first-order valence-electron chi connectivity index (χ1n) is 7.63. The number of ether oxygens (including phenoxy) is 3. The van der Waals surface area contributed by atoms with E-state index in [0.29, 0.717) is 39.3 Å². The summed E-state index contributed by atoms with van der Waals surface area (Å²) in [7, 11) is 0. The van der Waals surface area contributed by atoms with Gasteiger partial charge in [-0.15, -0.1) is 0 Å². The minimum atomic E-state index is -0.793. The van der Waals surface area contributed by atoms with Crippen LogP contribution >= 0.6 is 0 Å². The van der Waals surface area contributed by atoms with Crippen molar-refractivity contribution in [1.82, 2.24) is 5.32 Å². The molecule has 2 N–H and O–H groups in total. The minimum absolute atomic E-state index is 0.227. The van der Waals surface area contributed by atoms with Gasteiger partial charge in [0.25, 0.3) is 0 Å². The maximum absolute atomic E-state index is 11.1. The van der Waals surface area contributed by atoms with Crippen molar-refractivity contribution in [3.05, 3.63) is 35.4 Å². The van der Waals surface area contributed by atoms with E-state index in [2.05, 4.69) is 5.32 Å². The molecule has 4 rings (SSSR count). The monoisotopic (exact) mass is 291 g/mol. The minimum Gasteiger partial charge on any atom is -0.385 e. The number of benzene rings is 1. The Balaban J connectivity index is 1.61. The van der Waals surface area contributed by atoms with Gasteiger partial charge in [0.1, 0.15) is 0 Å². The van der Waals surface area contributed by atoms with E-state index in [0.717, 1.165) is 11.1 Å². The van der Waals surface area contributed by atoms with Gasteiger partial charge in [0.05, 0.1) is 32.0 Å². The van der Waals surface area contributed by atoms with Gasteiger partial charge >= 0.3 is 0 Å². The average Bonchev–Trinajstić information content (AvgIpc) is 3.01. The summed E-state index contributed by atoms with van der Waals surface area (Å²) in [5.74, 6) is 0. The quantitative estimate of drug-likeness (QED) is 0.853. The molecule has 2 unspecified atom stereocenters. The third kappa shape index (κ3) is 2.60. The molecule has 3 aliphatic rings. The standard InChI is InChI=1S/C16H21NO4/c18-16(7-13-9-19-10-14(8-16)17-13)12-3-1-2-11(6-12)15-20-4-5-21-15/h1-3,6,13-15,17-18H,4-5,7-10H2. The van der Waals surface area contributed by atoms with Gasteiger partial charge in [-0.2, -0.15) is 0 Å². The number of piperidine rings is 1. The van der Waals surface area contributed by atoms with Crippen LogP contribution in [0.2, 0.25) is 0 Å². The Kier molecular flexibility index (Phi) is 3.47. The normalized spacial score (nSPS) is 36.8. The van der Waals surface area contributed by atoms with Gasteiger partial charge in [-0.25, -0.2) is 0 Å². The van der Waals surface area contributed by atoms with Gasteiger partial charge in [-0.05, 0) is 24.5 Å². The second-order valence-corrected chi connectivity index (χ2v) is 6.24. The molecule has 1 aromatic rings. The van der Waals surface area contributed by atoms with Crippen molar-refractivity contribution in [2.45, 2.75) is 36.8 Å². The fourth-order valence-corrected chi connectivity index (χ4v) is 3.68. The van der Waals surface area contributed by atoms with Crippen molar-refractivity contribution in [2.24, 2.45) is 0 Å². The van der Waals surface area contributed by atoms with Crippen LogP contribution in [0.15, 0.2) is 24.3 Å². The SMILES string of the molecule is OC1(c2cccc(C3OCCO3)c2)CC2COCC(C1)N2. The van der Waals surface area contributed by atoms with Gasteiger partial charge in [-0.3, -0.25) is 0 Å². The summed E-state index contributed by atoms with van der Waals surface area (Å²) in [5, 5.41) is 14.7. The Bertz CT molecular complexity index is 503. The van der Waals surface area contributed by atoms with Crippen LogP contribution in [0.5, 0.6) is 0 Å². The molecule has 114 valence electrons. The van der Waals surface area contributed by atoms with Crippen molar-refractivity contribution >= 4 is 0 Å². The van der Waals surface area contributed by atoms with Gasteiger partial charge < -0.3 is 24.6 Å². The summed E-state index contributed by atoms with van der Waals surface area (Å²) in [6, 6.07) is 8.45. The first-order chi connectivity index (χ1) is 10.2. The third-order valence-corrected chi connectivity index (χ3v) is 4.60. The molecule has 3 saturated heterocycles. The molecule has 1 aromatic carbocycles. The predicted molar refractivity (Wildman–Crippen MR) is 75.7 cm³/mol. The van der Waals surface area contributed by atoms with E-state index < -0.39 is 5.60 Å². The van der Waals surface area contributed by atoms with Crippen LogP contribution in [0.3, 0.4) is 0 Å². The summed E-state index contributed by atoms with van der Waals surface area (Å²) in [6.07, 6.45) is 1.07. The van der Waals surface area contributed by atoms with Gasteiger partial charge in [0.15, 0.2) is 6.29 Å². The van der Waals surface area contributed by atoms with Gasteiger partial charge in [-0.1, -0.05) is 18.2 Å². The van der Waals surface area contributed by atoms with Crippen molar-refractivity contribution in [2.75, 3.05) is 26.4 Å². The van der Waals surface area contributed by atoms with E-state index in [-0.39, 0.29) is 18.4 Å². The summed E-state index contributed by atoms with van der Waals surface area (Å²) >= 11 is 0. The smallest absolute Gasteiger partial charge is 0.184 e. The number of fused-ring (bicyclic) bond motifs is 2. The van der Waals surface area contributed by atoms with Crippen LogP contribution in [0.1, 0.15) is 30.3 Å². The Morgan fingerprint density at radius 3 is 2.52 bits per heavy atom. The van der Waals surface area contributed by atoms with Gasteiger partial charge in [0.2, 0.25) is 0 Å². The Hall–Kier alpha value is -0.980. The van der Waals surface area contributed by atoms with Crippen molar-refractivity contribution in [1.29, 1.82) is 0 Å². The summed E-state index contributed by atoms with van der Waals surface area (Å²) in [5.41, 5.74) is 1.15.